The van der Waals surface area contributed by atoms with Gasteiger partial charge in [0.15, 0.2) is 0 Å². The molecule has 0 aromatic carbocycles. The predicted molar refractivity (Wildman–Crippen MR) is 152 cm³/mol. The largest absolute Gasteiger partial charge is 0.319 e. The minimum absolute atomic E-state index is 0. The van der Waals surface area contributed by atoms with Gasteiger partial charge in [0.2, 0.25) is 0 Å². The van der Waals surface area contributed by atoms with Crippen LogP contribution in [-0.2, 0) is 20.4 Å². The summed E-state index contributed by atoms with van der Waals surface area (Å²) >= 11 is 1.90. The van der Waals surface area contributed by atoms with E-state index in [2.05, 4.69) is 46.5 Å². The van der Waals surface area contributed by atoms with Crippen molar-refractivity contribution in [2.45, 2.75) is 119 Å². The first-order chi connectivity index (χ1) is 13.7. The molecule has 0 aliphatic carbocycles. The van der Waals surface area contributed by atoms with E-state index in [1.54, 1.807) is 37.0 Å². The molecular weight excluding hydrogens is 596 g/mol. The Bertz CT molecular complexity index is 181. The monoisotopic (exact) mass is 651 g/mol. The van der Waals surface area contributed by atoms with Gasteiger partial charge in [-0.3, -0.25) is 4.93 Å². The van der Waals surface area contributed by atoms with Gasteiger partial charge in [0.25, 0.3) is 0 Å². The van der Waals surface area contributed by atoms with Crippen LogP contribution in [0.5, 0.6) is 0 Å². The molecule has 184 valence electrons. The molecule has 0 N–H and O–H groups in total. The fraction of sp³-hybridized carbons (Fsp3) is 0.960. The van der Waals surface area contributed by atoms with E-state index >= 15 is 0 Å². The van der Waals surface area contributed by atoms with Crippen molar-refractivity contribution < 1.29 is 20.4 Å². The minimum Gasteiger partial charge on any atom is -0.319 e. The van der Waals surface area contributed by atoms with Crippen molar-refractivity contribution in [1.82, 2.24) is 0 Å². The molecule has 0 rings (SSSR count). The Morgan fingerprint density at radius 2 is 0.552 bits per heavy atom. The summed E-state index contributed by atoms with van der Waals surface area (Å²) in [4.78, 5) is 3.22. The molecule has 0 bridgehead atoms. The maximum Gasteiger partial charge on any atom is 0 e. The molecule has 0 aromatic heterocycles. The molecule has 0 aliphatic heterocycles. The Balaban J connectivity index is -0.000000192. The van der Waals surface area contributed by atoms with E-state index in [4.69, 9.17) is 0 Å². The molecular formula is C25H56IP2Pd-. The van der Waals surface area contributed by atoms with Crippen LogP contribution in [0.4, 0.5) is 0 Å². The normalized spacial score (nSPS) is 10.1. The SMILES string of the molecule is CCCCP(CCCC)CCCC.CCCCP(CCCC)CCCC.[CH2-]I.[Pd]. The van der Waals surface area contributed by atoms with Crippen molar-refractivity contribution >= 4 is 38.4 Å². The Hall–Kier alpha value is 2.25. The van der Waals surface area contributed by atoms with Crippen molar-refractivity contribution in [2.75, 3.05) is 37.0 Å². The minimum atomic E-state index is 0. The average Bonchev–Trinajstić information content (AvgIpc) is 2.74. The van der Waals surface area contributed by atoms with Crippen LogP contribution in [0.2, 0.25) is 0 Å². The van der Waals surface area contributed by atoms with Crippen molar-refractivity contribution in [3.05, 3.63) is 4.93 Å². The average molecular weight is 652 g/mol. The van der Waals surface area contributed by atoms with Crippen LogP contribution in [0.1, 0.15) is 119 Å². The molecule has 0 saturated heterocycles. The van der Waals surface area contributed by atoms with E-state index < -0.39 is 0 Å². The van der Waals surface area contributed by atoms with Crippen LogP contribution >= 0.6 is 38.4 Å². The van der Waals surface area contributed by atoms with Crippen molar-refractivity contribution in [3.8, 4) is 0 Å². The first kappa shape index (κ1) is 38.5. The number of unbranched alkanes of at least 4 members (excludes halogenated alkanes) is 6. The van der Waals surface area contributed by atoms with Gasteiger partial charge in [0, 0.05) is 20.4 Å². The maximum absolute atomic E-state index is 3.22. The summed E-state index contributed by atoms with van der Waals surface area (Å²) < 4.78 is 0. The number of rotatable bonds is 18. The van der Waals surface area contributed by atoms with Gasteiger partial charge in [-0.1, -0.05) is 80.1 Å². The van der Waals surface area contributed by atoms with E-state index in [1.165, 1.54) is 77.0 Å². The molecule has 0 radical (unpaired) electrons. The van der Waals surface area contributed by atoms with Crippen LogP contribution in [-0.4, -0.2) is 37.0 Å². The molecule has 0 fully saturated rings. The van der Waals surface area contributed by atoms with E-state index in [1.807, 2.05) is 22.6 Å². The molecule has 0 unspecified atom stereocenters. The molecule has 4 heteroatoms. The van der Waals surface area contributed by atoms with Gasteiger partial charge < -0.3 is 22.6 Å². The quantitative estimate of drug-likeness (QED) is 0.0599. The molecule has 0 aliphatic rings. The van der Waals surface area contributed by atoms with Gasteiger partial charge >= 0.3 is 0 Å². The standard InChI is InChI=1S/2C12H27P.CH2I.Pd/c2*1-4-7-10-13(11-8-5-2)12-9-6-3;1-2;/h2*4-12H2,1-3H3;1H2;/q;;-1;. The summed E-state index contributed by atoms with van der Waals surface area (Å²) in [6, 6.07) is 0. The fourth-order valence-electron chi connectivity index (χ4n) is 2.96. The molecule has 0 spiro atoms. The third-order valence-corrected chi connectivity index (χ3v) is 10.7. The van der Waals surface area contributed by atoms with Crippen LogP contribution in [0.15, 0.2) is 0 Å². The first-order valence-corrected chi connectivity index (χ1v) is 17.7. The van der Waals surface area contributed by atoms with E-state index in [0.29, 0.717) is 15.8 Å². The topological polar surface area (TPSA) is 0 Å². The third-order valence-electron chi connectivity index (χ3n) is 4.97. The molecule has 29 heavy (non-hydrogen) atoms. The Morgan fingerprint density at radius 1 is 0.414 bits per heavy atom. The maximum atomic E-state index is 3.22. The first-order valence-electron chi connectivity index (χ1n) is 12.4. The fourth-order valence-corrected chi connectivity index (χ4v) is 8.88. The summed E-state index contributed by atoms with van der Waals surface area (Å²) in [5.41, 5.74) is 0. The number of hydrogen-bond acceptors (Lipinski definition) is 0. The van der Waals surface area contributed by atoms with Gasteiger partial charge in [0.1, 0.15) is 0 Å². The van der Waals surface area contributed by atoms with Crippen molar-refractivity contribution in [3.63, 3.8) is 0 Å². The summed E-state index contributed by atoms with van der Waals surface area (Å²) in [6.45, 7) is 13.9. The van der Waals surface area contributed by atoms with Gasteiger partial charge in [0.05, 0.1) is 0 Å². The van der Waals surface area contributed by atoms with E-state index in [9.17, 15) is 0 Å². The summed E-state index contributed by atoms with van der Waals surface area (Å²) in [5.74, 6) is 0. The van der Waals surface area contributed by atoms with Crippen LogP contribution < -0.4 is 0 Å². The summed E-state index contributed by atoms with van der Waals surface area (Å²) in [6.07, 6.45) is 26.4. The van der Waals surface area contributed by atoms with Crippen LogP contribution in [0, 0.1) is 4.93 Å². The van der Waals surface area contributed by atoms with Crippen molar-refractivity contribution in [2.24, 2.45) is 0 Å². The second-order valence-corrected chi connectivity index (χ2v) is 13.2. The smallest absolute Gasteiger partial charge is 0 e. The Labute approximate surface area is 218 Å². The molecule has 0 heterocycles. The van der Waals surface area contributed by atoms with E-state index in [-0.39, 0.29) is 20.4 Å². The molecule has 0 saturated carbocycles. The predicted octanol–water partition coefficient (Wildman–Crippen LogP) is 10.9. The molecule has 0 atom stereocenters. The summed E-state index contributed by atoms with van der Waals surface area (Å²) in [5, 5.41) is 0. The van der Waals surface area contributed by atoms with Gasteiger partial charge in [-0.05, 0) is 75.5 Å². The van der Waals surface area contributed by atoms with Gasteiger partial charge in [-0.2, -0.15) is 0 Å². The number of hydrogen-bond donors (Lipinski definition) is 0. The zero-order chi connectivity index (χ0) is 21.9. The zero-order valence-electron chi connectivity index (χ0n) is 21.0. The third kappa shape index (κ3) is 35.0. The van der Waals surface area contributed by atoms with Gasteiger partial charge in [-0.25, -0.2) is 0 Å². The molecule has 0 amide bonds. The summed E-state index contributed by atoms with van der Waals surface area (Å²) in [7, 11) is 0.843. The number of halogens is 1. The Morgan fingerprint density at radius 3 is 0.655 bits per heavy atom. The Kier molecular flexibility index (Phi) is 49.9. The zero-order valence-corrected chi connectivity index (χ0v) is 26.5. The van der Waals surface area contributed by atoms with Crippen molar-refractivity contribution in [1.29, 1.82) is 0 Å². The second kappa shape index (κ2) is 37.6. The van der Waals surface area contributed by atoms with Crippen LogP contribution in [0.25, 0.3) is 0 Å². The van der Waals surface area contributed by atoms with Crippen LogP contribution in [0.3, 0.4) is 0 Å². The second-order valence-electron chi connectivity index (χ2n) is 7.80. The van der Waals surface area contributed by atoms with E-state index in [0.717, 1.165) is 0 Å². The molecule has 0 aromatic rings. The molecule has 0 nitrogen and oxygen atoms in total. The van der Waals surface area contributed by atoms with Gasteiger partial charge in [-0.15, -0.1) is 15.8 Å².